The lowest BCUT2D eigenvalue weighted by Gasteiger charge is -2.36. The number of carbonyl (C=O) groups is 2. The maximum absolute atomic E-state index is 13.6. The fraction of sp³-hybridized carbons (Fsp3) is 0.800. The lowest BCUT2D eigenvalue weighted by atomic mass is 9.93. The van der Waals surface area contributed by atoms with Crippen molar-refractivity contribution in [2.45, 2.75) is 84.0 Å². The Balaban J connectivity index is 2.00. The van der Waals surface area contributed by atoms with Crippen LogP contribution in [0.15, 0.2) is 5.38 Å². The number of hydrogen-bond donors (Lipinski definition) is 3. The van der Waals surface area contributed by atoms with E-state index < -0.39 is 18.1 Å². The average Bonchev–Trinajstić information content (AvgIpc) is 3.33. The molecule has 5 atom stereocenters. The Labute approximate surface area is 213 Å². The van der Waals surface area contributed by atoms with Gasteiger partial charge in [-0.15, -0.1) is 11.3 Å². The number of thiazole rings is 1. The summed E-state index contributed by atoms with van der Waals surface area (Å²) in [5.41, 5.74) is -0.0740. The molecule has 3 N–H and O–H groups in total. The molecule has 0 saturated carbocycles. The predicted molar refractivity (Wildman–Crippen MR) is 138 cm³/mol. The predicted octanol–water partition coefficient (Wildman–Crippen LogP) is 3.21. The van der Waals surface area contributed by atoms with Gasteiger partial charge in [0.2, 0.25) is 5.91 Å². The molecule has 0 unspecified atom stereocenters. The highest BCUT2D eigenvalue weighted by Gasteiger charge is 2.33. The minimum Gasteiger partial charge on any atom is -0.476 e. The Morgan fingerprint density at radius 1 is 1.34 bits per heavy atom. The summed E-state index contributed by atoms with van der Waals surface area (Å²) < 4.78 is 5.93. The second-order valence-electron chi connectivity index (χ2n) is 10.1. The number of piperidine rings is 1. The third-order valence-electron chi connectivity index (χ3n) is 7.22. The Kier molecular flexibility index (Phi) is 12.0. The Bertz CT molecular complexity index is 805. The first-order valence-electron chi connectivity index (χ1n) is 12.7. The fourth-order valence-electron chi connectivity index (χ4n) is 4.59. The van der Waals surface area contributed by atoms with Gasteiger partial charge in [0.05, 0.1) is 19.4 Å². The molecule has 35 heavy (non-hydrogen) atoms. The minimum atomic E-state index is -1.12. The molecule has 200 valence electrons. The van der Waals surface area contributed by atoms with E-state index in [4.69, 9.17) is 9.84 Å². The highest BCUT2D eigenvalue weighted by atomic mass is 32.1. The van der Waals surface area contributed by atoms with E-state index in [1.807, 2.05) is 13.8 Å². The number of ether oxygens (including phenoxy) is 1. The van der Waals surface area contributed by atoms with Crippen LogP contribution >= 0.6 is 11.3 Å². The number of aromatic nitrogens is 1. The number of amides is 1. The van der Waals surface area contributed by atoms with Gasteiger partial charge in [-0.05, 0) is 38.3 Å². The highest BCUT2D eigenvalue weighted by molar-refractivity contribution is 7.09. The summed E-state index contributed by atoms with van der Waals surface area (Å²) >= 11 is 1.12. The molecule has 2 heterocycles. The van der Waals surface area contributed by atoms with Gasteiger partial charge < -0.3 is 24.7 Å². The quantitative estimate of drug-likeness (QED) is 0.257. The average molecular weight is 513 g/mol. The van der Waals surface area contributed by atoms with Crippen LogP contribution < -0.4 is 5.32 Å². The van der Waals surface area contributed by atoms with Gasteiger partial charge in [0.15, 0.2) is 5.69 Å². The van der Waals surface area contributed by atoms with Crippen LogP contribution in [0.5, 0.6) is 0 Å². The van der Waals surface area contributed by atoms with Crippen LogP contribution in [0.2, 0.25) is 0 Å². The molecule has 0 radical (unpaired) electrons. The zero-order chi connectivity index (χ0) is 26.1. The summed E-state index contributed by atoms with van der Waals surface area (Å²) in [5, 5.41) is 25.0. The van der Waals surface area contributed by atoms with E-state index in [2.05, 4.69) is 36.1 Å². The van der Waals surface area contributed by atoms with Crippen molar-refractivity contribution >= 4 is 23.2 Å². The second-order valence-corrected chi connectivity index (χ2v) is 11.0. The molecule has 0 aromatic carbocycles. The highest BCUT2D eigenvalue weighted by Crippen LogP contribution is 2.27. The molecule has 1 aromatic heterocycles. The maximum atomic E-state index is 13.6. The lowest BCUT2D eigenvalue weighted by molar-refractivity contribution is -0.138. The molecule has 1 amide bonds. The number of carboxylic acids is 1. The molecule has 2 rings (SSSR count). The van der Waals surface area contributed by atoms with E-state index in [1.165, 1.54) is 18.2 Å². The number of aliphatic hydroxyl groups excluding tert-OH is 1. The van der Waals surface area contributed by atoms with Gasteiger partial charge in [0, 0.05) is 30.9 Å². The molecule has 1 aliphatic heterocycles. The van der Waals surface area contributed by atoms with Gasteiger partial charge in [0.25, 0.3) is 0 Å². The van der Waals surface area contributed by atoms with E-state index in [9.17, 15) is 14.7 Å². The number of carbonyl (C=O) groups excluding carboxylic acids is 1. The molecular weight excluding hydrogens is 468 g/mol. The molecule has 10 heteroatoms. The number of nitrogens with one attached hydrogen (secondary N) is 1. The first-order chi connectivity index (χ1) is 16.6. The number of nitrogens with zero attached hydrogens (tertiary/aromatic N) is 3. The van der Waals surface area contributed by atoms with E-state index >= 15 is 0 Å². The van der Waals surface area contributed by atoms with Crippen molar-refractivity contribution in [1.82, 2.24) is 20.1 Å². The van der Waals surface area contributed by atoms with Crippen LogP contribution in [0.25, 0.3) is 0 Å². The topological polar surface area (TPSA) is 115 Å². The zero-order valence-electron chi connectivity index (χ0n) is 22.1. The molecule has 0 aliphatic carbocycles. The number of carboxylic acid groups (broad SMARTS) is 1. The molecule has 1 aromatic rings. The van der Waals surface area contributed by atoms with Crippen molar-refractivity contribution in [2.75, 3.05) is 34.0 Å². The van der Waals surface area contributed by atoms with Crippen LogP contribution in [-0.4, -0.2) is 89.0 Å². The van der Waals surface area contributed by atoms with Crippen molar-refractivity contribution in [2.24, 2.45) is 11.8 Å². The third-order valence-corrected chi connectivity index (χ3v) is 8.17. The van der Waals surface area contributed by atoms with Gasteiger partial charge in [-0.2, -0.15) is 0 Å². The number of hydrogen-bond acceptors (Lipinski definition) is 8. The van der Waals surface area contributed by atoms with Crippen molar-refractivity contribution in [1.29, 1.82) is 0 Å². The van der Waals surface area contributed by atoms with Gasteiger partial charge in [-0.25, -0.2) is 9.78 Å². The molecule has 1 fully saturated rings. The number of aromatic carboxylic acids is 1. The van der Waals surface area contributed by atoms with Crippen LogP contribution in [0, 0.1) is 11.8 Å². The van der Waals surface area contributed by atoms with Crippen molar-refractivity contribution in [3.8, 4) is 0 Å². The van der Waals surface area contributed by atoms with E-state index in [1.54, 1.807) is 11.9 Å². The molecular formula is C25H44N4O5S. The van der Waals surface area contributed by atoms with Gasteiger partial charge in [0.1, 0.15) is 11.1 Å². The number of rotatable bonds is 14. The molecule has 1 saturated heterocycles. The SMILES string of the molecule is CC[C@H](C)[C@H](NCOC[C@H]1CCCCN1C)C(=O)N(C)[C@H](C[C@@H](O)c1nc(C(=O)O)cs1)C(C)C. The van der Waals surface area contributed by atoms with Crippen LogP contribution in [0.3, 0.4) is 0 Å². The van der Waals surface area contributed by atoms with Gasteiger partial charge >= 0.3 is 5.97 Å². The Morgan fingerprint density at radius 3 is 2.63 bits per heavy atom. The normalized spacial score (nSPS) is 20.4. The summed E-state index contributed by atoms with van der Waals surface area (Å²) in [4.78, 5) is 32.8. The molecule has 9 nitrogen and oxygen atoms in total. The fourth-order valence-corrected chi connectivity index (χ4v) is 5.38. The lowest BCUT2D eigenvalue weighted by Crippen LogP contribution is -2.53. The van der Waals surface area contributed by atoms with Gasteiger partial charge in [-0.3, -0.25) is 10.1 Å². The summed E-state index contributed by atoms with van der Waals surface area (Å²) in [6.45, 7) is 10.2. The summed E-state index contributed by atoms with van der Waals surface area (Å²) in [7, 11) is 3.91. The standard InChI is InChI=1S/C25H44N4O5S/c1-7-17(4)22(26-15-34-13-18-10-8-9-11-28(18)5)24(31)29(6)20(16(2)3)12-21(30)23-27-19(14-35-23)25(32)33/h14,16-18,20-22,26,30H,7-13,15H2,1-6H3,(H,32,33)/t17-,18+,20+,21+,22-/m0/s1. The largest absolute Gasteiger partial charge is 0.476 e. The molecule has 0 spiro atoms. The van der Waals surface area contributed by atoms with Crippen LogP contribution in [-0.2, 0) is 9.53 Å². The Hall–Kier alpha value is -1.59. The third kappa shape index (κ3) is 8.49. The minimum absolute atomic E-state index is 0.0333. The van der Waals surface area contributed by atoms with Gasteiger partial charge in [-0.1, -0.05) is 40.5 Å². The Morgan fingerprint density at radius 2 is 2.06 bits per heavy atom. The van der Waals surface area contributed by atoms with Crippen molar-refractivity contribution in [3.05, 3.63) is 16.1 Å². The van der Waals surface area contributed by atoms with E-state index in [0.717, 1.165) is 30.7 Å². The summed E-state index contributed by atoms with van der Waals surface area (Å²) in [6, 6.07) is -0.212. The number of likely N-dealkylation sites (N-methyl/N-ethyl adjacent to an activating group) is 2. The summed E-state index contributed by atoms with van der Waals surface area (Å²) in [6.07, 6.45) is 3.78. The number of aliphatic hydroxyl groups is 1. The van der Waals surface area contributed by atoms with E-state index in [-0.39, 0.29) is 35.9 Å². The second kappa shape index (κ2) is 14.2. The van der Waals surface area contributed by atoms with Crippen molar-refractivity contribution in [3.63, 3.8) is 0 Å². The monoisotopic (exact) mass is 512 g/mol. The van der Waals surface area contributed by atoms with E-state index in [0.29, 0.717) is 24.4 Å². The smallest absolute Gasteiger partial charge is 0.355 e. The number of likely N-dealkylation sites (tertiary alicyclic amines) is 1. The maximum Gasteiger partial charge on any atom is 0.355 e. The van der Waals surface area contributed by atoms with Crippen LogP contribution in [0.1, 0.15) is 81.4 Å². The molecule has 1 aliphatic rings. The molecule has 0 bridgehead atoms. The van der Waals surface area contributed by atoms with Crippen molar-refractivity contribution < 1.29 is 24.5 Å². The zero-order valence-corrected chi connectivity index (χ0v) is 22.9. The summed E-state index contributed by atoms with van der Waals surface area (Å²) in [5.74, 6) is -0.949. The first-order valence-corrected chi connectivity index (χ1v) is 13.6. The first kappa shape index (κ1) is 29.6. The van der Waals surface area contributed by atoms with Crippen LogP contribution in [0.4, 0.5) is 0 Å².